The third-order valence-corrected chi connectivity index (χ3v) is 3.35. The highest BCUT2D eigenvalue weighted by Crippen LogP contribution is 2.21. The van der Waals surface area contributed by atoms with Gasteiger partial charge in [-0.25, -0.2) is 0 Å². The van der Waals surface area contributed by atoms with E-state index in [1.165, 1.54) is 11.3 Å². The molecule has 8 heteroatoms. The summed E-state index contributed by atoms with van der Waals surface area (Å²) in [6.45, 7) is 0.387. The number of rotatable bonds is 5. The summed E-state index contributed by atoms with van der Waals surface area (Å²) >= 11 is 11.8. The van der Waals surface area contributed by atoms with Crippen molar-refractivity contribution < 1.29 is 9.59 Å². The van der Waals surface area contributed by atoms with Crippen LogP contribution in [0.4, 0.5) is 0 Å². The first-order valence-electron chi connectivity index (χ1n) is 5.07. The Hall–Kier alpha value is -1.18. The van der Waals surface area contributed by atoms with Gasteiger partial charge in [0.2, 0.25) is 0 Å². The Morgan fingerprint density at radius 3 is 2.56 bits per heavy atom. The Balaban J connectivity index is 2.24. The quantitative estimate of drug-likeness (QED) is 0.545. The van der Waals surface area contributed by atoms with E-state index in [-0.39, 0.29) is 11.5 Å². The second-order valence-corrected chi connectivity index (χ2v) is 5.68. The summed E-state index contributed by atoms with van der Waals surface area (Å²) in [5.74, 6) is -1.44. The minimum absolute atomic E-state index is 0.0160. The maximum Gasteiger partial charge on any atom is 0.309 e. The molecular weight excluding hydrogens is 294 g/mol. The number of nitrogens with one attached hydrogen (secondary N) is 2. The lowest BCUT2D eigenvalue weighted by atomic mass is 10.3. The van der Waals surface area contributed by atoms with Gasteiger partial charge in [-0.05, 0) is 18.6 Å². The Morgan fingerprint density at radius 1 is 1.33 bits per heavy atom. The number of halogens is 1. The number of thiocarbonyl (C=S) groups is 1. The van der Waals surface area contributed by atoms with Crippen LogP contribution in [0.25, 0.3) is 0 Å². The van der Waals surface area contributed by atoms with E-state index in [0.29, 0.717) is 17.3 Å². The molecule has 4 N–H and O–H groups in total. The standard InChI is InChI=1S/C10H12ClN3O2S2/c11-7-2-1-6(18-7)3-4-13-9(15)10(16)14-5-8(12)17/h1-2H,3-5H2,(H2,12,17)(H,13,15)(H,14,16). The second-order valence-electron chi connectivity index (χ2n) is 3.36. The van der Waals surface area contributed by atoms with E-state index in [1.54, 1.807) is 6.07 Å². The number of amides is 2. The minimum Gasteiger partial charge on any atom is -0.392 e. The molecule has 1 heterocycles. The van der Waals surface area contributed by atoms with Gasteiger partial charge < -0.3 is 16.4 Å². The molecule has 0 aromatic carbocycles. The summed E-state index contributed by atoms with van der Waals surface area (Å²) in [6.07, 6.45) is 0.631. The van der Waals surface area contributed by atoms with Crippen LogP contribution in [0.15, 0.2) is 12.1 Å². The van der Waals surface area contributed by atoms with Gasteiger partial charge in [0, 0.05) is 11.4 Å². The monoisotopic (exact) mass is 305 g/mol. The topological polar surface area (TPSA) is 84.2 Å². The third-order valence-electron chi connectivity index (χ3n) is 1.92. The number of nitrogens with two attached hydrogens (primary N) is 1. The van der Waals surface area contributed by atoms with Crippen LogP contribution in [-0.4, -0.2) is 29.9 Å². The highest BCUT2D eigenvalue weighted by atomic mass is 35.5. The number of thiophene rings is 1. The van der Waals surface area contributed by atoms with Crippen molar-refractivity contribution in [3.63, 3.8) is 0 Å². The fraction of sp³-hybridized carbons (Fsp3) is 0.300. The summed E-state index contributed by atoms with van der Waals surface area (Å²) < 4.78 is 0.700. The van der Waals surface area contributed by atoms with Crippen LogP contribution in [0.1, 0.15) is 4.88 Å². The average molecular weight is 306 g/mol. The molecule has 1 rings (SSSR count). The lowest BCUT2D eigenvalue weighted by molar-refractivity contribution is -0.139. The summed E-state index contributed by atoms with van der Waals surface area (Å²) in [7, 11) is 0. The number of hydrogen-bond acceptors (Lipinski definition) is 4. The normalized spacial score (nSPS) is 9.83. The van der Waals surface area contributed by atoms with Crippen LogP contribution in [0.5, 0.6) is 0 Å². The van der Waals surface area contributed by atoms with Crippen LogP contribution < -0.4 is 16.4 Å². The fourth-order valence-electron chi connectivity index (χ4n) is 1.11. The van der Waals surface area contributed by atoms with Gasteiger partial charge in [-0.1, -0.05) is 23.8 Å². The van der Waals surface area contributed by atoms with E-state index >= 15 is 0 Å². The van der Waals surface area contributed by atoms with E-state index < -0.39 is 11.8 Å². The maximum absolute atomic E-state index is 11.3. The van der Waals surface area contributed by atoms with Crippen molar-refractivity contribution >= 4 is 52.0 Å². The number of carbonyl (C=O) groups excluding carboxylic acids is 2. The van der Waals surface area contributed by atoms with Gasteiger partial charge in [-0.3, -0.25) is 9.59 Å². The first-order chi connectivity index (χ1) is 8.49. The van der Waals surface area contributed by atoms with E-state index in [4.69, 9.17) is 17.3 Å². The van der Waals surface area contributed by atoms with Crippen molar-refractivity contribution in [3.8, 4) is 0 Å². The largest absolute Gasteiger partial charge is 0.392 e. The molecular formula is C10H12ClN3O2S2. The average Bonchev–Trinajstić information content (AvgIpc) is 2.71. The van der Waals surface area contributed by atoms with Crippen molar-refractivity contribution in [1.29, 1.82) is 0 Å². The highest BCUT2D eigenvalue weighted by Gasteiger charge is 2.12. The predicted molar refractivity (Wildman–Crippen MR) is 75.8 cm³/mol. The summed E-state index contributed by atoms with van der Waals surface area (Å²) in [5.41, 5.74) is 5.19. The first kappa shape index (κ1) is 14.9. The van der Waals surface area contributed by atoms with E-state index in [2.05, 4.69) is 22.9 Å². The number of carbonyl (C=O) groups is 2. The molecule has 5 nitrogen and oxygen atoms in total. The zero-order chi connectivity index (χ0) is 13.5. The van der Waals surface area contributed by atoms with Crippen LogP contribution in [0.3, 0.4) is 0 Å². The Labute approximate surface area is 119 Å². The molecule has 18 heavy (non-hydrogen) atoms. The Bertz CT molecular complexity index is 462. The molecule has 1 aromatic rings. The van der Waals surface area contributed by atoms with Crippen LogP contribution in [0.2, 0.25) is 4.34 Å². The molecule has 0 saturated carbocycles. The SMILES string of the molecule is NC(=S)CNC(=O)C(=O)NCCc1ccc(Cl)s1. The molecule has 0 aliphatic rings. The Morgan fingerprint density at radius 2 is 2.00 bits per heavy atom. The highest BCUT2D eigenvalue weighted by molar-refractivity contribution is 7.80. The summed E-state index contributed by atoms with van der Waals surface area (Å²) in [5, 5.41) is 4.79. The van der Waals surface area contributed by atoms with Gasteiger partial charge in [0.1, 0.15) is 0 Å². The fourth-order valence-corrected chi connectivity index (χ4v) is 2.27. The molecule has 0 atom stereocenters. The lowest BCUT2D eigenvalue weighted by Gasteiger charge is -2.04. The molecule has 0 spiro atoms. The smallest absolute Gasteiger partial charge is 0.309 e. The molecule has 0 unspecified atom stereocenters. The van der Waals surface area contributed by atoms with Crippen LogP contribution in [-0.2, 0) is 16.0 Å². The first-order valence-corrected chi connectivity index (χ1v) is 6.68. The zero-order valence-corrected chi connectivity index (χ0v) is 11.8. The molecule has 0 radical (unpaired) electrons. The molecule has 98 valence electrons. The van der Waals surface area contributed by atoms with E-state index in [1.807, 2.05) is 6.07 Å². The zero-order valence-electron chi connectivity index (χ0n) is 9.36. The van der Waals surface area contributed by atoms with Gasteiger partial charge in [0.25, 0.3) is 0 Å². The summed E-state index contributed by atoms with van der Waals surface area (Å²) in [6, 6.07) is 3.67. The predicted octanol–water partition coefficient (Wildman–Crippen LogP) is 0.463. The maximum atomic E-state index is 11.3. The third kappa shape index (κ3) is 5.44. The Kier molecular flexibility index (Phi) is 6.03. The van der Waals surface area contributed by atoms with Crippen molar-refractivity contribution in [1.82, 2.24) is 10.6 Å². The van der Waals surface area contributed by atoms with Crippen molar-refractivity contribution in [3.05, 3.63) is 21.3 Å². The molecule has 0 bridgehead atoms. The van der Waals surface area contributed by atoms with Crippen LogP contribution >= 0.6 is 35.2 Å². The van der Waals surface area contributed by atoms with Crippen molar-refractivity contribution in [2.24, 2.45) is 5.73 Å². The molecule has 0 aliphatic heterocycles. The lowest BCUT2D eigenvalue weighted by Crippen LogP contribution is -2.43. The minimum atomic E-state index is -0.744. The van der Waals surface area contributed by atoms with Crippen LogP contribution in [0, 0.1) is 0 Å². The van der Waals surface area contributed by atoms with Crippen molar-refractivity contribution in [2.75, 3.05) is 13.1 Å². The van der Waals surface area contributed by atoms with Gasteiger partial charge >= 0.3 is 11.8 Å². The molecule has 2 amide bonds. The second kappa shape index (κ2) is 7.30. The van der Waals surface area contributed by atoms with E-state index in [0.717, 1.165) is 4.88 Å². The number of hydrogen-bond donors (Lipinski definition) is 3. The molecule has 1 aromatic heterocycles. The molecule has 0 aliphatic carbocycles. The molecule has 0 fully saturated rings. The van der Waals surface area contributed by atoms with Gasteiger partial charge in [-0.15, -0.1) is 11.3 Å². The molecule has 0 saturated heterocycles. The van der Waals surface area contributed by atoms with Crippen molar-refractivity contribution in [2.45, 2.75) is 6.42 Å². The van der Waals surface area contributed by atoms with Gasteiger partial charge in [-0.2, -0.15) is 0 Å². The van der Waals surface area contributed by atoms with Gasteiger partial charge in [0.05, 0.1) is 15.9 Å². The van der Waals surface area contributed by atoms with E-state index in [9.17, 15) is 9.59 Å². The van der Waals surface area contributed by atoms with Gasteiger partial charge in [0.15, 0.2) is 0 Å². The summed E-state index contributed by atoms with van der Waals surface area (Å²) in [4.78, 5) is 23.7.